The average Bonchev–Trinajstić information content (AvgIpc) is 2.52. The minimum atomic E-state index is 0.276. The lowest BCUT2D eigenvalue weighted by molar-refractivity contribution is 0.250. The number of hydrogen-bond donors (Lipinski definition) is 1. The second-order valence-electron chi connectivity index (χ2n) is 3.30. The first-order valence-corrected chi connectivity index (χ1v) is 5.53. The van der Waals surface area contributed by atoms with Gasteiger partial charge in [0.05, 0.1) is 6.33 Å². The number of aryl methyl sites for hydroxylation is 1. The average molecular weight is 200 g/mol. The minimum Gasteiger partial charge on any atom is -0.396 e. The van der Waals surface area contributed by atoms with E-state index in [0.29, 0.717) is 5.92 Å². The van der Waals surface area contributed by atoms with Gasteiger partial charge in [-0.1, -0.05) is 6.92 Å². The Kier molecular flexibility index (Phi) is 4.32. The smallest absolute Gasteiger partial charge is 0.0945 e. The molecule has 1 N–H and O–H groups in total. The van der Waals surface area contributed by atoms with Crippen molar-refractivity contribution in [2.24, 2.45) is 13.0 Å². The van der Waals surface area contributed by atoms with Crippen molar-refractivity contribution in [1.82, 2.24) is 9.55 Å². The van der Waals surface area contributed by atoms with E-state index in [0.717, 1.165) is 11.5 Å². The van der Waals surface area contributed by atoms with Crippen LogP contribution in [0.3, 0.4) is 0 Å². The maximum atomic E-state index is 8.82. The van der Waals surface area contributed by atoms with Crippen molar-refractivity contribution < 1.29 is 5.11 Å². The van der Waals surface area contributed by atoms with Gasteiger partial charge in [-0.3, -0.25) is 0 Å². The van der Waals surface area contributed by atoms with Gasteiger partial charge in [0.25, 0.3) is 0 Å². The molecule has 13 heavy (non-hydrogen) atoms. The number of imidazole rings is 1. The molecule has 3 nitrogen and oxygen atoms in total. The fraction of sp³-hybridized carbons (Fsp3) is 0.667. The highest BCUT2D eigenvalue weighted by Crippen LogP contribution is 2.14. The zero-order valence-corrected chi connectivity index (χ0v) is 8.92. The van der Waals surface area contributed by atoms with Crippen molar-refractivity contribution >= 4 is 11.8 Å². The summed E-state index contributed by atoms with van der Waals surface area (Å²) >= 11 is 1.84. The van der Waals surface area contributed by atoms with Crippen LogP contribution in [0.4, 0.5) is 0 Å². The summed E-state index contributed by atoms with van der Waals surface area (Å²) in [6, 6.07) is 0. The highest BCUT2D eigenvalue weighted by molar-refractivity contribution is 7.98. The Balaban J connectivity index is 2.24. The largest absolute Gasteiger partial charge is 0.396 e. The SMILES string of the molecule is CC(CO)CSCc1cncn1C. The molecule has 1 heterocycles. The molecule has 4 heteroatoms. The van der Waals surface area contributed by atoms with Crippen LogP contribution in [0.25, 0.3) is 0 Å². The lowest BCUT2D eigenvalue weighted by Crippen LogP contribution is -2.04. The summed E-state index contributed by atoms with van der Waals surface area (Å²) in [5.74, 6) is 2.36. The number of aromatic nitrogens is 2. The molecule has 0 aromatic carbocycles. The van der Waals surface area contributed by atoms with Gasteiger partial charge in [-0.15, -0.1) is 0 Å². The number of nitrogens with zero attached hydrogens (tertiary/aromatic N) is 2. The van der Waals surface area contributed by atoms with E-state index < -0.39 is 0 Å². The number of thioether (sulfide) groups is 1. The van der Waals surface area contributed by atoms with Gasteiger partial charge in [0.2, 0.25) is 0 Å². The van der Waals surface area contributed by atoms with Crippen LogP contribution in [0.5, 0.6) is 0 Å². The fourth-order valence-corrected chi connectivity index (χ4v) is 2.05. The molecule has 1 unspecified atom stereocenters. The highest BCUT2D eigenvalue weighted by Gasteiger charge is 2.02. The molecule has 0 aliphatic carbocycles. The molecule has 0 fully saturated rings. The maximum Gasteiger partial charge on any atom is 0.0945 e. The van der Waals surface area contributed by atoms with Crippen LogP contribution < -0.4 is 0 Å². The molecular weight excluding hydrogens is 184 g/mol. The van der Waals surface area contributed by atoms with Crippen LogP contribution in [0, 0.1) is 5.92 Å². The van der Waals surface area contributed by atoms with E-state index in [1.807, 2.05) is 35.9 Å². The number of aliphatic hydroxyl groups excluding tert-OH is 1. The van der Waals surface area contributed by atoms with E-state index in [-0.39, 0.29) is 6.61 Å². The Hall–Kier alpha value is -0.480. The van der Waals surface area contributed by atoms with Crippen LogP contribution in [0.2, 0.25) is 0 Å². The summed E-state index contributed by atoms with van der Waals surface area (Å²) < 4.78 is 2.02. The Morgan fingerprint density at radius 2 is 2.46 bits per heavy atom. The Labute approximate surface area is 83.2 Å². The summed E-state index contributed by atoms with van der Waals surface area (Å²) in [7, 11) is 2.00. The summed E-state index contributed by atoms with van der Waals surface area (Å²) in [4.78, 5) is 4.04. The van der Waals surface area contributed by atoms with E-state index in [1.54, 1.807) is 0 Å². The normalized spacial score (nSPS) is 13.2. The van der Waals surface area contributed by atoms with Gasteiger partial charge in [0.15, 0.2) is 0 Å². The molecule has 0 aliphatic rings. The van der Waals surface area contributed by atoms with Crippen molar-refractivity contribution in [2.45, 2.75) is 12.7 Å². The molecule has 0 saturated carbocycles. The number of aliphatic hydroxyl groups is 1. The molecule has 1 aromatic heterocycles. The Morgan fingerprint density at radius 1 is 1.69 bits per heavy atom. The summed E-state index contributed by atoms with van der Waals surface area (Å²) in [6.07, 6.45) is 3.70. The van der Waals surface area contributed by atoms with Gasteiger partial charge in [-0.2, -0.15) is 11.8 Å². The maximum absolute atomic E-state index is 8.82. The molecule has 0 saturated heterocycles. The highest BCUT2D eigenvalue weighted by atomic mass is 32.2. The van der Waals surface area contributed by atoms with Gasteiger partial charge >= 0.3 is 0 Å². The van der Waals surface area contributed by atoms with Gasteiger partial charge in [-0.05, 0) is 11.7 Å². The first-order chi connectivity index (χ1) is 6.24. The Morgan fingerprint density at radius 3 is 3.00 bits per heavy atom. The summed E-state index contributed by atoms with van der Waals surface area (Å²) in [5.41, 5.74) is 1.23. The number of rotatable bonds is 5. The zero-order chi connectivity index (χ0) is 9.68. The van der Waals surface area contributed by atoms with E-state index in [9.17, 15) is 0 Å². The van der Waals surface area contributed by atoms with E-state index in [1.165, 1.54) is 5.69 Å². The standard InChI is InChI=1S/C9H16N2OS/c1-8(4-12)5-13-6-9-3-10-7-11(9)2/h3,7-8,12H,4-6H2,1-2H3. The molecule has 0 spiro atoms. The number of hydrogen-bond acceptors (Lipinski definition) is 3. The van der Waals surface area contributed by atoms with E-state index in [4.69, 9.17) is 5.11 Å². The lowest BCUT2D eigenvalue weighted by atomic mass is 10.2. The minimum absolute atomic E-state index is 0.276. The fourth-order valence-electron chi connectivity index (χ4n) is 0.941. The Bertz CT molecular complexity index is 250. The van der Waals surface area contributed by atoms with Crippen LogP contribution in [0.1, 0.15) is 12.6 Å². The van der Waals surface area contributed by atoms with Crippen LogP contribution in [-0.2, 0) is 12.8 Å². The van der Waals surface area contributed by atoms with Gasteiger partial charge in [-0.25, -0.2) is 4.98 Å². The molecule has 0 amide bonds. The van der Waals surface area contributed by atoms with Gasteiger partial charge in [0, 0.05) is 31.3 Å². The van der Waals surface area contributed by atoms with Crippen LogP contribution >= 0.6 is 11.8 Å². The second kappa shape index (κ2) is 5.29. The molecular formula is C9H16N2OS. The first-order valence-electron chi connectivity index (χ1n) is 4.38. The molecule has 0 bridgehead atoms. The summed E-state index contributed by atoms with van der Waals surface area (Å²) in [6.45, 7) is 2.33. The lowest BCUT2D eigenvalue weighted by Gasteiger charge is -2.06. The molecule has 1 atom stereocenters. The van der Waals surface area contributed by atoms with Crippen LogP contribution in [-0.4, -0.2) is 27.0 Å². The first kappa shape index (κ1) is 10.6. The third-order valence-electron chi connectivity index (χ3n) is 1.88. The molecule has 74 valence electrons. The monoisotopic (exact) mass is 200 g/mol. The third-order valence-corrected chi connectivity index (χ3v) is 3.19. The topological polar surface area (TPSA) is 38.1 Å². The molecule has 1 aromatic rings. The molecule has 0 aliphatic heterocycles. The van der Waals surface area contributed by atoms with Crippen molar-refractivity contribution in [1.29, 1.82) is 0 Å². The van der Waals surface area contributed by atoms with Crippen molar-refractivity contribution in [3.8, 4) is 0 Å². The predicted molar refractivity (Wildman–Crippen MR) is 55.6 cm³/mol. The van der Waals surface area contributed by atoms with Crippen LogP contribution in [0.15, 0.2) is 12.5 Å². The zero-order valence-electron chi connectivity index (χ0n) is 8.10. The second-order valence-corrected chi connectivity index (χ2v) is 4.33. The van der Waals surface area contributed by atoms with Crippen molar-refractivity contribution in [2.75, 3.05) is 12.4 Å². The quantitative estimate of drug-likeness (QED) is 0.778. The summed E-state index contributed by atoms with van der Waals surface area (Å²) in [5, 5.41) is 8.82. The van der Waals surface area contributed by atoms with Crippen molar-refractivity contribution in [3.05, 3.63) is 18.2 Å². The third kappa shape index (κ3) is 3.40. The molecule has 0 radical (unpaired) electrons. The van der Waals surface area contributed by atoms with E-state index >= 15 is 0 Å². The van der Waals surface area contributed by atoms with Crippen molar-refractivity contribution in [3.63, 3.8) is 0 Å². The van der Waals surface area contributed by atoms with E-state index in [2.05, 4.69) is 11.9 Å². The predicted octanol–water partition coefficient (Wildman–Crippen LogP) is 1.28. The van der Waals surface area contributed by atoms with Gasteiger partial charge < -0.3 is 9.67 Å². The molecule has 1 rings (SSSR count). The van der Waals surface area contributed by atoms with Gasteiger partial charge in [0.1, 0.15) is 0 Å².